The molecule has 0 rings (SSSR count). The van der Waals surface area contributed by atoms with E-state index in [2.05, 4.69) is 0 Å². The normalized spacial score (nSPS) is 10.2. The molecule has 0 unspecified atom stereocenters. The Bertz CT molecular complexity index is 157. The molecule has 7 heteroatoms. The molecule has 0 aromatic rings. The Kier molecular flexibility index (Phi) is 5.95. The average Bonchev–Trinajstić information content (AvgIpc) is 1.96. The van der Waals surface area contributed by atoms with E-state index in [0.717, 1.165) is 23.7 Å². The zero-order valence-electron chi connectivity index (χ0n) is 6.39. The third kappa shape index (κ3) is 7.70. The van der Waals surface area contributed by atoms with Gasteiger partial charge < -0.3 is 10.2 Å². The molecule has 0 atom stereocenters. The molecule has 0 aliphatic carbocycles. The molecule has 5 nitrogen and oxygen atoms in total. The number of hydrogen-bond donors (Lipinski definition) is 2. The lowest BCUT2D eigenvalue weighted by atomic mass is 10.8. The van der Waals surface area contributed by atoms with Crippen LogP contribution in [0.3, 0.4) is 0 Å². The van der Waals surface area contributed by atoms with Gasteiger partial charge in [-0.1, -0.05) is 11.9 Å². The van der Waals surface area contributed by atoms with Crippen LogP contribution in [0.2, 0.25) is 0 Å². The van der Waals surface area contributed by atoms with Crippen LogP contribution in [-0.4, -0.2) is 44.5 Å². The predicted molar refractivity (Wildman–Crippen MR) is 48.3 cm³/mol. The largest absolute Gasteiger partial charge is 0.481 e. The summed E-state index contributed by atoms with van der Waals surface area (Å²) in [6.07, 6.45) is 0. The third-order valence-electron chi connectivity index (χ3n) is 0.778. The van der Waals surface area contributed by atoms with Gasteiger partial charge >= 0.3 is 11.3 Å². The van der Waals surface area contributed by atoms with E-state index in [-0.39, 0.29) is 11.6 Å². The highest BCUT2D eigenvalue weighted by Crippen LogP contribution is 2.12. The molecule has 0 aliphatic rings. The maximum Gasteiger partial charge on any atom is 0.366 e. The van der Waals surface area contributed by atoms with Gasteiger partial charge in [-0.3, -0.25) is 4.79 Å². The van der Waals surface area contributed by atoms with Crippen LogP contribution in [0.5, 0.6) is 0 Å². The van der Waals surface area contributed by atoms with Crippen molar-refractivity contribution in [2.24, 2.45) is 0 Å². The van der Waals surface area contributed by atoms with Gasteiger partial charge in [0.1, 0.15) is 5.75 Å². The van der Waals surface area contributed by atoms with E-state index in [1.165, 1.54) is 0 Å². The molecule has 0 spiro atoms. The van der Waals surface area contributed by atoms with Crippen molar-refractivity contribution < 1.29 is 19.8 Å². The van der Waals surface area contributed by atoms with Crippen LogP contribution in [0, 0.1) is 0 Å². The van der Waals surface area contributed by atoms with Gasteiger partial charge in [-0.25, -0.2) is 9.10 Å². The number of rotatable bonds is 5. The number of nitrogens with zero attached hydrogens (tertiary/aromatic N) is 1. The highest BCUT2D eigenvalue weighted by molar-refractivity contribution is 8.13. The highest BCUT2D eigenvalue weighted by Gasteiger charge is 2.05. The van der Waals surface area contributed by atoms with Gasteiger partial charge in [-0.05, 0) is 18.8 Å². The van der Waals surface area contributed by atoms with Crippen LogP contribution < -0.4 is 0 Å². The van der Waals surface area contributed by atoms with Gasteiger partial charge in [0, 0.05) is 0 Å². The summed E-state index contributed by atoms with van der Waals surface area (Å²) in [4.78, 5) is 20.1. The first-order valence-electron chi connectivity index (χ1n) is 2.94. The summed E-state index contributed by atoms with van der Waals surface area (Å²) < 4.78 is 1.56. The predicted octanol–water partition coefficient (Wildman–Crippen LogP) is 1.02. The van der Waals surface area contributed by atoms with Gasteiger partial charge in [0.25, 0.3) is 0 Å². The van der Waals surface area contributed by atoms with Crippen LogP contribution in [0.15, 0.2) is 0 Å². The van der Waals surface area contributed by atoms with Crippen molar-refractivity contribution in [1.29, 1.82) is 0 Å². The molecule has 0 saturated carbocycles. The molecule has 70 valence electrons. The fourth-order valence-electron chi connectivity index (χ4n) is 0.349. The van der Waals surface area contributed by atoms with Gasteiger partial charge in [0.15, 0.2) is 0 Å². The van der Waals surface area contributed by atoms with Crippen molar-refractivity contribution in [2.75, 3.05) is 18.7 Å². The minimum Gasteiger partial charge on any atom is -0.481 e. The first-order valence-corrected chi connectivity index (χ1v) is 4.86. The number of thioether (sulfide) groups is 1. The number of carbonyl (C=O) groups is 2. The second-order valence-corrected chi connectivity index (χ2v) is 3.90. The monoisotopic (exact) mass is 211 g/mol. The lowest BCUT2D eigenvalue weighted by Crippen LogP contribution is -2.13. The quantitative estimate of drug-likeness (QED) is 0.519. The van der Waals surface area contributed by atoms with Crippen LogP contribution >= 0.6 is 23.7 Å². The van der Waals surface area contributed by atoms with Crippen LogP contribution in [0.1, 0.15) is 0 Å². The molecule has 0 fully saturated rings. The Balaban J connectivity index is 3.39. The van der Waals surface area contributed by atoms with Crippen LogP contribution in [0.25, 0.3) is 0 Å². The Morgan fingerprint density at radius 2 is 2.00 bits per heavy atom. The first kappa shape index (κ1) is 11.6. The van der Waals surface area contributed by atoms with Crippen molar-refractivity contribution in [3.63, 3.8) is 0 Å². The summed E-state index contributed by atoms with van der Waals surface area (Å²) in [5, 5.41) is 15.6. The third-order valence-corrected chi connectivity index (χ3v) is 2.65. The Hall–Kier alpha value is -0.400. The number of hydrogen-bond acceptors (Lipinski definition) is 5. The van der Waals surface area contributed by atoms with Crippen molar-refractivity contribution in [3.05, 3.63) is 0 Å². The minimum absolute atomic E-state index is 0.0450. The molecular formula is C5H9NO4S2. The average molecular weight is 211 g/mol. The lowest BCUT2D eigenvalue weighted by molar-refractivity contribution is -0.133. The fraction of sp³-hybridized carbons (Fsp3) is 0.600. The van der Waals surface area contributed by atoms with Crippen LogP contribution in [-0.2, 0) is 4.79 Å². The van der Waals surface area contributed by atoms with Crippen molar-refractivity contribution in [3.8, 4) is 0 Å². The molecule has 0 amide bonds. The Morgan fingerprint density at radius 3 is 2.42 bits per heavy atom. The molecule has 0 bridgehead atoms. The zero-order chi connectivity index (χ0) is 9.56. The van der Waals surface area contributed by atoms with Crippen molar-refractivity contribution in [1.82, 2.24) is 4.31 Å². The number of carboxylic acid groups (broad SMARTS) is 2. The van der Waals surface area contributed by atoms with Crippen molar-refractivity contribution in [2.45, 2.75) is 0 Å². The van der Waals surface area contributed by atoms with E-state index >= 15 is 0 Å². The molecular weight excluding hydrogens is 202 g/mol. The summed E-state index contributed by atoms with van der Waals surface area (Å²) >= 11 is 1.80. The molecule has 0 aliphatic heterocycles. The first-order chi connectivity index (χ1) is 5.52. The van der Waals surface area contributed by atoms with Gasteiger partial charge in [-0.15, -0.1) is 0 Å². The van der Waals surface area contributed by atoms with E-state index in [4.69, 9.17) is 10.2 Å². The Morgan fingerprint density at radius 1 is 1.42 bits per heavy atom. The Labute approximate surface area is 78.3 Å². The summed E-state index contributed by atoms with van der Waals surface area (Å²) in [6, 6.07) is 0. The summed E-state index contributed by atoms with van der Waals surface area (Å²) in [5.74, 6) is -0.684. The summed E-state index contributed by atoms with van der Waals surface area (Å²) in [6.45, 7) is 0. The van der Waals surface area contributed by atoms with Crippen LogP contribution in [0.4, 0.5) is 4.79 Å². The van der Waals surface area contributed by atoms with E-state index in [9.17, 15) is 9.59 Å². The maximum atomic E-state index is 10.1. The van der Waals surface area contributed by atoms with E-state index in [1.54, 1.807) is 11.4 Å². The summed E-state index contributed by atoms with van der Waals surface area (Å²) in [7, 11) is 1.64. The number of aliphatic carboxylic acids is 1. The van der Waals surface area contributed by atoms with Gasteiger partial charge in [-0.2, -0.15) is 0 Å². The molecule has 0 aromatic heterocycles. The van der Waals surface area contributed by atoms with E-state index in [1.807, 2.05) is 0 Å². The molecule has 0 radical (unpaired) electrons. The minimum atomic E-state index is -0.960. The SMILES string of the molecule is CN(CSC(=O)O)SCC(=O)O. The smallest absolute Gasteiger partial charge is 0.366 e. The molecule has 0 saturated heterocycles. The second kappa shape index (κ2) is 6.15. The van der Waals surface area contributed by atoms with Crippen molar-refractivity contribution >= 4 is 35.0 Å². The highest BCUT2D eigenvalue weighted by atomic mass is 32.2. The maximum absolute atomic E-state index is 10.1. The topological polar surface area (TPSA) is 77.8 Å². The molecule has 0 heterocycles. The molecule has 2 N–H and O–H groups in total. The van der Waals surface area contributed by atoms with E-state index in [0.29, 0.717) is 0 Å². The second-order valence-electron chi connectivity index (χ2n) is 1.83. The zero-order valence-corrected chi connectivity index (χ0v) is 8.02. The van der Waals surface area contributed by atoms with Gasteiger partial charge in [0.05, 0.1) is 5.88 Å². The molecule has 12 heavy (non-hydrogen) atoms. The fourth-order valence-corrected chi connectivity index (χ4v) is 1.43. The molecule has 0 aromatic carbocycles. The van der Waals surface area contributed by atoms with Gasteiger partial charge in [0.2, 0.25) is 0 Å². The lowest BCUT2D eigenvalue weighted by Gasteiger charge is -2.11. The summed E-state index contributed by atoms with van der Waals surface area (Å²) in [5.41, 5.74) is 0. The number of carboxylic acids is 1. The standard InChI is InChI=1S/C5H9NO4S2/c1-6(3-11-5(9)10)12-2-4(7)8/h2-3H2,1H3,(H,7,8)(H,9,10). The van der Waals surface area contributed by atoms with E-state index < -0.39 is 11.3 Å².